The molecule has 2 aliphatic carbocycles. The van der Waals surface area contributed by atoms with Crippen molar-refractivity contribution in [2.45, 2.75) is 36.3 Å². The molecule has 0 nitrogen and oxygen atoms in total. The summed E-state index contributed by atoms with van der Waals surface area (Å²) in [7, 11) is 0. The van der Waals surface area contributed by atoms with Gasteiger partial charge in [0.05, 0.1) is 3.23 Å². The van der Waals surface area contributed by atoms with Gasteiger partial charge in [-0.3, -0.25) is 0 Å². The molecule has 2 saturated carbocycles. The molecule has 2 unspecified atom stereocenters. The molecule has 2 heteroatoms. The monoisotopic (exact) mass is 280 g/mol. The molecule has 2 atom stereocenters. The fourth-order valence-electron chi connectivity index (χ4n) is 2.38. The summed E-state index contributed by atoms with van der Waals surface area (Å²) >= 11 is 7.50. The minimum atomic E-state index is 0.327. The summed E-state index contributed by atoms with van der Waals surface area (Å²) < 4.78 is 0.327. The molecule has 0 bridgehead atoms. The lowest BCUT2D eigenvalue weighted by Crippen LogP contribution is -2.16. The largest absolute Gasteiger partial charge is 0.0868 e. The Kier molecular flexibility index (Phi) is 1.75. The zero-order chi connectivity index (χ0) is 8.28. The Hall–Kier alpha value is 0.960. The van der Waals surface area contributed by atoms with Gasteiger partial charge in [0.2, 0.25) is 0 Å². The van der Waals surface area contributed by atoms with Gasteiger partial charge in [0, 0.05) is 0 Å². The molecule has 2 aliphatic rings. The van der Waals surface area contributed by atoms with E-state index in [-0.39, 0.29) is 0 Å². The van der Waals surface area contributed by atoms with E-state index in [2.05, 4.69) is 45.7 Å². The first-order valence-electron chi connectivity index (χ1n) is 4.31. The van der Waals surface area contributed by atoms with Gasteiger partial charge in [-0.1, -0.05) is 45.7 Å². The first-order valence-corrected chi connectivity index (χ1v) is 5.90. The van der Waals surface area contributed by atoms with Crippen molar-refractivity contribution < 1.29 is 0 Å². The normalized spacial score (nSPS) is 44.7. The van der Waals surface area contributed by atoms with Gasteiger partial charge in [0.25, 0.3) is 0 Å². The molecular formula is C9H14Br2. The second kappa shape index (κ2) is 2.25. The molecule has 0 aliphatic heterocycles. The van der Waals surface area contributed by atoms with E-state index in [0.717, 1.165) is 11.8 Å². The topological polar surface area (TPSA) is 0 Å². The number of hydrogen-bond donors (Lipinski definition) is 0. The van der Waals surface area contributed by atoms with Gasteiger partial charge >= 0.3 is 0 Å². The van der Waals surface area contributed by atoms with Crippen molar-refractivity contribution in [3.05, 3.63) is 0 Å². The highest BCUT2D eigenvalue weighted by molar-refractivity contribution is 9.25. The van der Waals surface area contributed by atoms with Gasteiger partial charge in [-0.25, -0.2) is 0 Å². The highest BCUT2D eigenvalue weighted by Crippen LogP contribution is 2.70. The van der Waals surface area contributed by atoms with Crippen LogP contribution in [-0.4, -0.2) is 3.23 Å². The Balaban J connectivity index is 2.08. The molecule has 0 amide bonds. The number of alkyl halides is 2. The standard InChI is InChI=1S/C9H14Br2/c1-8(2)4-3-6-7(5-8)9(6,10)11/h6-7H,3-5H2,1-2H3. The molecule has 0 aromatic rings. The van der Waals surface area contributed by atoms with E-state index in [4.69, 9.17) is 0 Å². The average Bonchev–Trinajstić information content (AvgIpc) is 2.32. The van der Waals surface area contributed by atoms with Crippen LogP contribution >= 0.6 is 31.9 Å². The fourth-order valence-corrected chi connectivity index (χ4v) is 4.17. The molecule has 0 radical (unpaired) electrons. The average molecular weight is 282 g/mol. The first-order chi connectivity index (χ1) is 4.93. The van der Waals surface area contributed by atoms with Crippen molar-refractivity contribution >= 4 is 31.9 Å². The Morgan fingerprint density at radius 1 is 1.18 bits per heavy atom. The van der Waals surface area contributed by atoms with E-state index >= 15 is 0 Å². The van der Waals surface area contributed by atoms with Crippen LogP contribution in [-0.2, 0) is 0 Å². The van der Waals surface area contributed by atoms with Crippen molar-refractivity contribution in [1.82, 2.24) is 0 Å². The molecule has 0 N–H and O–H groups in total. The van der Waals surface area contributed by atoms with E-state index in [1.54, 1.807) is 0 Å². The van der Waals surface area contributed by atoms with Crippen LogP contribution in [0.3, 0.4) is 0 Å². The molecular weight excluding hydrogens is 268 g/mol. The molecule has 11 heavy (non-hydrogen) atoms. The van der Waals surface area contributed by atoms with Crippen LogP contribution in [0.5, 0.6) is 0 Å². The first kappa shape index (κ1) is 8.55. The van der Waals surface area contributed by atoms with E-state index in [1.165, 1.54) is 19.3 Å². The van der Waals surface area contributed by atoms with E-state index in [1.807, 2.05) is 0 Å². The molecule has 0 spiro atoms. The maximum Gasteiger partial charge on any atom is 0.0868 e. The Bertz CT molecular complexity index is 182. The molecule has 0 aromatic heterocycles. The van der Waals surface area contributed by atoms with E-state index in [9.17, 15) is 0 Å². The van der Waals surface area contributed by atoms with E-state index in [0.29, 0.717) is 8.65 Å². The van der Waals surface area contributed by atoms with Gasteiger partial charge in [-0.05, 0) is 36.5 Å². The lowest BCUT2D eigenvalue weighted by atomic mass is 9.78. The van der Waals surface area contributed by atoms with Crippen molar-refractivity contribution in [1.29, 1.82) is 0 Å². The Labute approximate surface area is 85.4 Å². The third-order valence-corrected chi connectivity index (χ3v) is 5.62. The summed E-state index contributed by atoms with van der Waals surface area (Å²) in [4.78, 5) is 0. The van der Waals surface area contributed by atoms with Gasteiger partial charge in [0.15, 0.2) is 0 Å². The zero-order valence-electron chi connectivity index (χ0n) is 7.03. The van der Waals surface area contributed by atoms with Crippen LogP contribution in [0.25, 0.3) is 0 Å². The summed E-state index contributed by atoms with van der Waals surface area (Å²) in [6.45, 7) is 4.77. The second-order valence-corrected chi connectivity index (χ2v) is 8.48. The molecule has 0 aromatic carbocycles. The second-order valence-electron chi connectivity index (χ2n) is 4.79. The van der Waals surface area contributed by atoms with Crippen LogP contribution in [0.4, 0.5) is 0 Å². The van der Waals surface area contributed by atoms with Crippen LogP contribution in [0.15, 0.2) is 0 Å². The third kappa shape index (κ3) is 1.31. The summed E-state index contributed by atoms with van der Waals surface area (Å²) in [5.74, 6) is 1.81. The fraction of sp³-hybridized carbons (Fsp3) is 1.00. The minimum Gasteiger partial charge on any atom is -0.0721 e. The molecule has 0 saturated heterocycles. The highest BCUT2D eigenvalue weighted by Gasteiger charge is 2.64. The highest BCUT2D eigenvalue weighted by atomic mass is 79.9. The Morgan fingerprint density at radius 2 is 1.82 bits per heavy atom. The number of halogens is 2. The van der Waals surface area contributed by atoms with Gasteiger partial charge < -0.3 is 0 Å². The van der Waals surface area contributed by atoms with E-state index < -0.39 is 0 Å². The maximum absolute atomic E-state index is 3.75. The third-order valence-electron chi connectivity index (χ3n) is 3.27. The van der Waals surface area contributed by atoms with Gasteiger partial charge in [0.1, 0.15) is 0 Å². The zero-order valence-corrected chi connectivity index (χ0v) is 10.2. The quantitative estimate of drug-likeness (QED) is 0.590. The van der Waals surface area contributed by atoms with Crippen molar-refractivity contribution in [2.75, 3.05) is 0 Å². The molecule has 2 rings (SSSR count). The number of rotatable bonds is 0. The lowest BCUT2D eigenvalue weighted by Gasteiger charge is -2.27. The predicted octanol–water partition coefficient (Wildman–Crippen LogP) is 3.93. The van der Waals surface area contributed by atoms with Gasteiger partial charge in [-0.15, -0.1) is 0 Å². The Morgan fingerprint density at radius 3 is 2.27 bits per heavy atom. The van der Waals surface area contributed by atoms with Crippen molar-refractivity contribution in [3.63, 3.8) is 0 Å². The van der Waals surface area contributed by atoms with Gasteiger partial charge in [-0.2, -0.15) is 0 Å². The number of fused-ring (bicyclic) bond motifs is 1. The summed E-state index contributed by atoms with van der Waals surface area (Å²) in [6, 6.07) is 0. The van der Waals surface area contributed by atoms with Crippen LogP contribution in [0.1, 0.15) is 33.1 Å². The molecule has 64 valence electrons. The van der Waals surface area contributed by atoms with Crippen LogP contribution in [0.2, 0.25) is 0 Å². The van der Waals surface area contributed by atoms with Crippen molar-refractivity contribution in [2.24, 2.45) is 17.3 Å². The summed E-state index contributed by atoms with van der Waals surface area (Å²) in [6.07, 6.45) is 4.18. The smallest absolute Gasteiger partial charge is 0.0721 e. The summed E-state index contributed by atoms with van der Waals surface area (Å²) in [5.41, 5.74) is 0.588. The molecule has 0 heterocycles. The van der Waals surface area contributed by atoms with Crippen LogP contribution < -0.4 is 0 Å². The predicted molar refractivity (Wildman–Crippen MR) is 55.2 cm³/mol. The molecule has 2 fully saturated rings. The lowest BCUT2D eigenvalue weighted by molar-refractivity contribution is 0.233. The van der Waals surface area contributed by atoms with Crippen molar-refractivity contribution in [3.8, 4) is 0 Å². The number of hydrogen-bond acceptors (Lipinski definition) is 0. The maximum atomic E-state index is 3.75. The minimum absolute atomic E-state index is 0.327. The van der Waals surface area contributed by atoms with Crippen LogP contribution in [0, 0.1) is 17.3 Å². The summed E-state index contributed by atoms with van der Waals surface area (Å²) in [5, 5.41) is 0. The SMILES string of the molecule is CC1(C)CCC2C(C1)C2(Br)Br.